The molecule has 2 heterocycles. The van der Waals surface area contributed by atoms with Gasteiger partial charge in [-0.05, 0) is 26.8 Å². The van der Waals surface area contributed by atoms with E-state index in [9.17, 15) is 14.4 Å². The molecule has 0 bridgehead atoms. The van der Waals surface area contributed by atoms with Crippen molar-refractivity contribution in [3.8, 4) is 0 Å². The summed E-state index contributed by atoms with van der Waals surface area (Å²) in [5.74, 6) is -0.513. The molecule has 0 N–H and O–H groups in total. The van der Waals surface area contributed by atoms with Gasteiger partial charge >= 0.3 is 11.9 Å². The Hall–Kier alpha value is -1.50. The number of β-lactam (4-membered cyclic amide) rings is 1. The van der Waals surface area contributed by atoms with Crippen LogP contribution in [0.3, 0.4) is 0 Å². The van der Waals surface area contributed by atoms with Gasteiger partial charge in [0, 0.05) is 12.7 Å². The highest BCUT2D eigenvalue weighted by Gasteiger charge is 2.43. The van der Waals surface area contributed by atoms with Gasteiger partial charge in [0.05, 0.1) is 17.2 Å². The summed E-state index contributed by atoms with van der Waals surface area (Å²) in [6, 6.07) is 0. The monoisotopic (exact) mass is 313 g/mol. The van der Waals surface area contributed by atoms with Crippen molar-refractivity contribution in [2.75, 3.05) is 5.75 Å². The summed E-state index contributed by atoms with van der Waals surface area (Å²) in [6.07, 6.45) is 1.12. The Labute approximate surface area is 127 Å². The van der Waals surface area contributed by atoms with Crippen LogP contribution in [0.4, 0.5) is 0 Å². The van der Waals surface area contributed by atoms with Crippen LogP contribution in [0.2, 0.25) is 0 Å². The topological polar surface area (TPSA) is 72.9 Å². The molecule has 1 amide bonds. The first kappa shape index (κ1) is 15.9. The van der Waals surface area contributed by atoms with Crippen LogP contribution in [0.1, 0.15) is 34.1 Å². The quantitative estimate of drug-likeness (QED) is 0.448. The smallest absolute Gasteiger partial charge is 0.357 e. The third-order valence-corrected chi connectivity index (χ3v) is 4.22. The van der Waals surface area contributed by atoms with E-state index in [2.05, 4.69) is 0 Å². The predicted octanol–water partition coefficient (Wildman–Crippen LogP) is 1.65. The highest BCUT2D eigenvalue weighted by molar-refractivity contribution is 8.00. The summed E-state index contributed by atoms with van der Waals surface area (Å²) in [5.41, 5.74) is -0.423. The number of nitrogens with zero attached hydrogens (tertiary/aromatic N) is 1. The van der Waals surface area contributed by atoms with E-state index >= 15 is 0 Å². The summed E-state index contributed by atoms with van der Waals surface area (Å²) in [4.78, 5) is 36.8. The average Bonchev–Trinajstić information content (AvgIpc) is 2.35. The molecule has 2 rings (SSSR count). The second-order valence-corrected chi connectivity index (χ2v) is 7.18. The number of carbonyl (C=O) groups excluding carboxylic acids is 3. The number of fused-ring (bicyclic) bond motifs is 1. The Bertz CT molecular complexity index is 508. The number of hydrogen-bond donors (Lipinski definition) is 0. The first-order valence-corrected chi connectivity index (χ1v) is 7.81. The van der Waals surface area contributed by atoms with Crippen LogP contribution >= 0.6 is 11.8 Å². The summed E-state index contributed by atoms with van der Waals surface area (Å²) in [6.45, 7) is 6.63. The third-order valence-electron chi connectivity index (χ3n) is 3.10. The minimum absolute atomic E-state index is 0.0254. The fraction of sp³-hybridized carbons (Fsp3) is 0.643. The highest BCUT2D eigenvalue weighted by Crippen LogP contribution is 2.37. The van der Waals surface area contributed by atoms with Crippen LogP contribution in [0, 0.1) is 5.41 Å². The van der Waals surface area contributed by atoms with Crippen molar-refractivity contribution in [3.63, 3.8) is 0 Å². The summed E-state index contributed by atoms with van der Waals surface area (Å²) in [5, 5.41) is 0.0254. The molecular weight excluding hydrogens is 294 g/mol. The summed E-state index contributed by atoms with van der Waals surface area (Å²) in [7, 11) is 0. The second-order valence-electron chi connectivity index (χ2n) is 5.97. The maximum atomic E-state index is 12.1. The minimum Gasteiger partial charge on any atom is -0.425 e. The molecule has 1 fully saturated rings. The van der Waals surface area contributed by atoms with Crippen molar-refractivity contribution < 1.29 is 23.9 Å². The number of thioether (sulfide) groups is 1. The van der Waals surface area contributed by atoms with Crippen molar-refractivity contribution in [1.29, 1.82) is 0 Å². The number of hydrogen-bond acceptors (Lipinski definition) is 6. The normalized spacial score (nSPS) is 22.7. The molecule has 2 aliphatic rings. The molecule has 0 aromatic rings. The van der Waals surface area contributed by atoms with E-state index in [1.807, 2.05) is 0 Å². The summed E-state index contributed by atoms with van der Waals surface area (Å²) < 4.78 is 10.2. The first-order chi connectivity index (χ1) is 9.70. The number of rotatable bonds is 3. The standard InChI is InChI=1S/C14H19NO5S/c1-8(20-13(18)14(2,3)4)19-12(17)9-5-6-21-11-7-10(16)15(9)11/h5,8,11H,6-7H2,1-4H3/t8?,11-/m0/s1. The molecular formula is C14H19NO5S. The number of ether oxygens (including phenoxy) is 2. The molecule has 7 heteroatoms. The average molecular weight is 313 g/mol. The molecule has 2 atom stereocenters. The molecule has 1 unspecified atom stereocenters. The Morgan fingerprint density at radius 3 is 2.62 bits per heavy atom. The van der Waals surface area contributed by atoms with E-state index in [1.54, 1.807) is 38.6 Å². The third kappa shape index (κ3) is 3.40. The number of esters is 2. The lowest BCUT2D eigenvalue weighted by Gasteiger charge is -2.42. The predicted molar refractivity (Wildman–Crippen MR) is 76.9 cm³/mol. The Morgan fingerprint density at radius 2 is 2.05 bits per heavy atom. The van der Waals surface area contributed by atoms with Gasteiger partial charge in [-0.1, -0.05) is 0 Å². The van der Waals surface area contributed by atoms with Crippen LogP contribution in [0.25, 0.3) is 0 Å². The van der Waals surface area contributed by atoms with E-state index in [4.69, 9.17) is 9.47 Å². The molecule has 0 aliphatic carbocycles. The zero-order valence-corrected chi connectivity index (χ0v) is 13.4. The van der Waals surface area contributed by atoms with Gasteiger partial charge in [0.1, 0.15) is 5.70 Å². The van der Waals surface area contributed by atoms with Crippen LogP contribution in [-0.4, -0.2) is 40.2 Å². The first-order valence-electron chi connectivity index (χ1n) is 6.76. The van der Waals surface area contributed by atoms with Crippen molar-refractivity contribution in [2.45, 2.75) is 45.8 Å². The van der Waals surface area contributed by atoms with Crippen molar-refractivity contribution >= 4 is 29.6 Å². The van der Waals surface area contributed by atoms with E-state index in [0.717, 1.165) is 0 Å². The molecule has 0 saturated carbocycles. The fourth-order valence-corrected chi connectivity index (χ4v) is 3.01. The zero-order valence-electron chi connectivity index (χ0n) is 12.5. The Morgan fingerprint density at radius 1 is 1.38 bits per heavy atom. The number of amides is 1. The van der Waals surface area contributed by atoms with Crippen LogP contribution in [0.15, 0.2) is 11.8 Å². The van der Waals surface area contributed by atoms with E-state index in [-0.39, 0.29) is 17.0 Å². The maximum absolute atomic E-state index is 12.1. The van der Waals surface area contributed by atoms with Gasteiger partial charge in [0.25, 0.3) is 0 Å². The van der Waals surface area contributed by atoms with Crippen molar-refractivity contribution in [2.24, 2.45) is 5.41 Å². The van der Waals surface area contributed by atoms with E-state index < -0.39 is 23.6 Å². The minimum atomic E-state index is -0.991. The van der Waals surface area contributed by atoms with Gasteiger partial charge in [0.15, 0.2) is 0 Å². The zero-order chi connectivity index (χ0) is 15.8. The molecule has 21 heavy (non-hydrogen) atoms. The molecule has 116 valence electrons. The van der Waals surface area contributed by atoms with Gasteiger partial charge in [-0.2, -0.15) is 0 Å². The van der Waals surface area contributed by atoms with Gasteiger partial charge in [-0.3, -0.25) is 14.5 Å². The second kappa shape index (κ2) is 5.71. The lowest BCUT2D eigenvalue weighted by atomic mass is 9.97. The largest absolute Gasteiger partial charge is 0.425 e. The maximum Gasteiger partial charge on any atom is 0.357 e. The highest BCUT2D eigenvalue weighted by atomic mass is 32.2. The van der Waals surface area contributed by atoms with Crippen molar-refractivity contribution in [1.82, 2.24) is 4.90 Å². The molecule has 1 saturated heterocycles. The Kier molecular flexibility index (Phi) is 4.32. The molecule has 2 aliphatic heterocycles. The van der Waals surface area contributed by atoms with E-state index in [0.29, 0.717) is 12.2 Å². The molecule has 0 radical (unpaired) electrons. The van der Waals surface area contributed by atoms with Gasteiger partial charge in [-0.15, -0.1) is 11.8 Å². The van der Waals surface area contributed by atoms with Gasteiger partial charge in [0.2, 0.25) is 12.2 Å². The van der Waals surface area contributed by atoms with Gasteiger partial charge in [-0.25, -0.2) is 4.79 Å². The fourth-order valence-electron chi connectivity index (χ4n) is 1.89. The molecule has 0 aromatic heterocycles. The Balaban J connectivity index is 1.94. The lowest BCUT2D eigenvalue weighted by Crippen LogP contribution is -2.53. The van der Waals surface area contributed by atoms with Crippen molar-refractivity contribution in [3.05, 3.63) is 11.8 Å². The lowest BCUT2D eigenvalue weighted by molar-refractivity contribution is -0.189. The van der Waals surface area contributed by atoms with Crippen LogP contribution in [-0.2, 0) is 23.9 Å². The number of carbonyl (C=O) groups is 3. The van der Waals surface area contributed by atoms with Gasteiger partial charge < -0.3 is 9.47 Å². The molecule has 0 spiro atoms. The SMILES string of the molecule is CC(OC(=O)C1=CCS[C@H]2CC(=O)N12)OC(=O)C(C)(C)C. The molecule has 6 nitrogen and oxygen atoms in total. The van der Waals surface area contributed by atoms with Crippen LogP contribution < -0.4 is 0 Å². The van der Waals surface area contributed by atoms with E-state index in [1.165, 1.54) is 11.8 Å². The summed E-state index contributed by atoms with van der Waals surface area (Å²) >= 11 is 1.61. The van der Waals surface area contributed by atoms with Crippen LogP contribution in [0.5, 0.6) is 0 Å². The molecule has 0 aromatic carbocycles.